The molecule has 1 spiro atoms. The van der Waals surface area contributed by atoms with Crippen LogP contribution < -0.4 is 21.1 Å². The molecule has 1 saturated carbocycles. The molecule has 1 aliphatic heterocycles. The molecular weight excluding hydrogens is 322 g/mol. The van der Waals surface area contributed by atoms with E-state index in [4.69, 9.17) is 16.2 Å². The molecular formula is C17H23N5O3. The van der Waals surface area contributed by atoms with Crippen molar-refractivity contribution < 1.29 is 14.6 Å². The molecule has 8 nitrogen and oxygen atoms in total. The predicted octanol–water partition coefficient (Wildman–Crippen LogP) is 1.89. The van der Waals surface area contributed by atoms with Crippen LogP contribution in [0.15, 0.2) is 28.2 Å². The van der Waals surface area contributed by atoms with E-state index in [0.29, 0.717) is 18.0 Å². The van der Waals surface area contributed by atoms with Crippen molar-refractivity contribution in [3.05, 3.63) is 23.8 Å². The minimum Gasteiger partial charge on any atom is -0.492 e. The Kier molecular flexibility index (Phi) is 4.52. The molecule has 0 atom stereocenters. The number of benzene rings is 1. The van der Waals surface area contributed by atoms with E-state index in [0.717, 1.165) is 32.1 Å². The quantitative estimate of drug-likeness (QED) is 0.765. The lowest BCUT2D eigenvalue weighted by atomic mass is 9.87. The Morgan fingerprint density at radius 2 is 2.04 bits per heavy atom. The molecule has 0 bridgehead atoms. The fourth-order valence-corrected chi connectivity index (χ4v) is 3.57. The Hall–Kier alpha value is -2.77. The minimum absolute atomic E-state index is 0.153. The van der Waals surface area contributed by atoms with Crippen molar-refractivity contribution in [3.63, 3.8) is 0 Å². The second-order valence-electron chi connectivity index (χ2n) is 6.24. The van der Waals surface area contributed by atoms with E-state index < -0.39 is 11.6 Å². The van der Waals surface area contributed by atoms with Crippen LogP contribution >= 0.6 is 0 Å². The molecule has 1 heterocycles. The third-order valence-corrected chi connectivity index (χ3v) is 4.60. The molecule has 1 aromatic carbocycles. The lowest BCUT2D eigenvalue weighted by molar-refractivity contribution is 0.0697. The van der Waals surface area contributed by atoms with E-state index in [1.165, 1.54) is 6.07 Å². The molecule has 0 amide bonds. The van der Waals surface area contributed by atoms with E-state index in [-0.39, 0.29) is 17.5 Å². The standard InChI is InChI=1S/C17H23N5O3/c1-2-25-13-7-6-11(14(23)24)10-12(13)22-16(19)20-15(18)21-17(22)8-4-3-5-9-17/h6-7,10H,2-5,8-9H2,1H3,(H,23,24)(H4,18,19,20,21). The zero-order valence-corrected chi connectivity index (χ0v) is 14.2. The van der Waals surface area contributed by atoms with Crippen LogP contribution in [0, 0.1) is 0 Å². The summed E-state index contributed by atoms with van der Waals surface area (Å²) in [7, 11) is 0. The van der Waals surface area contributed by atoms with Crippen molar-refractivity contribution >= 4 is 23.6 Å². The number of carboxylic acid groups (broad SMARTS) is 1. The Morgan fingerprint density at radius 1 is 1.32 bits per heavy atom. The first kappa shape index (κ1) is 17.1. The van der Waals surface area contributed by atoms with Gasteiger partial charge in [-0.15, -0.1) is 0 Å². The number of aromatic carboxylic acids is 1. The molecule has 1 aliphatic carbocycles. The molecule has 134 valence electrons. The number of nitrogens with two attached hydrogens (primary N) is 2. The van der Waals surface area contributed by atoms with Gasteiger partial charge in [0.15, 0.2) is 0 Å². The van der Waals surface area contributed by atoms with E-state index in [1.807, 2.05) is 6.92 Å². The second-order valence-corrected chi connectivity index (χ2v) is 6.24. The molecule has 8 heteroatoms. The highest BCUT2D eigenvalue weighted by Crippen LogP contribution is 2.43. The van der Waals surface area contributed by atoms with Gasteiger partial charge in [0.05, 0.1) is 17.9 Å². The number of hydrogen-bond acceptors (Lipinski definition) is 7. The van der Waals surface area contributed by atoms with Crippen LogP contribution in [0.2, 0.25) is 0 Å². The van der Waals surface area contributed by atoms with Crippen LogP contribution in [0.5, 0.6) is 5.75 Å². The van der Waals surface area contributed by atoms with Crippen LogP contribution in [0.1, 0.15) is 49.4 Å². The fourth-order valence-electron chi connectivity index (χ4n) is 3.57. The van der Waals surface area contributed by atoms with E-state index >= 15 is 0 Å². The zero-order valence-electron chi connectivity index (χ0n) is 14.2. The molecule has 0 aromatic heterocycles. The van der Waals surface area contributed by atoms with Crippen molar-refractivity contribution in [1.29, 1.82) is 0 Å². The van der Waals surface area contributed by atoms with E-state index in [1.54, 1.807) is 17.0 Å². The van der Waals surface area contributed by atoms with Gasteiger partial charge in [-0.1, -0.05) is 6.42 Å². The zero-order chi connectivity index (χ0) is 18.0. The number of nitrogens with zero attached hydrogens (tertiary/aromatic N) is 3. The van der Waals surface area contributed by atoms with Crippen molar-refractivity contribution in [2.45, 2.75) is 44.7 Å². The monoisotopic (exact) mass is 345 g/mol. The maximum absolute atomic E-state index is 11.4. The summed E-state index contributed by atoms with van der Waals surface area (Å²) in [5.74, 6) is -0.107. The molecule has 1 fully saturated rings. The summed E-state index contributed by atoms with van der Waals surface area (Å²) in [6.45, 7) is 2.32. The number of carbonyl (C=O) groups is 1. The normalized spacial score (nSPS) is 19.3. The van der Waals surface area contributed by atoms with Crippen molar-refractivity contribution in [2.75, 3.05) is 11.5 Å². The first-order valence-corrected chi connectivity index (χ1v) is 8.47. The van der Waals surface area contributed by atoms with Gasteiger partial charge in [0, 0.05) is 0 Å². The number of aliphatic imine (C=N–C) groups is 2. The number of carboxylic acids is 1. The van der Waals surface area contributed by atoms with E-state index in [9.17, 15) is 9.90 Å². The summed E-state index contributed by atoms with van der Waals surface area (Å²) < 4.78 is 5.71. The summed E-state index contributed by atoms with van der Waals surface area (Å²) in [4.78, 5) is 21.9. The molecule has 25 heavy (non-hydrogen) atoms. The SMILES string of the molecule is CCOc1ccc(C(=O)O)cc1N1C(N)=NC(N)=NC12CCCCC2. The van der Waals surface area contributed by atoms with Gasteiger partial charge in [-0.05, 0) is 50.8 Å². The average molecular weight is 345 g/mol. The number of ether oxygens (including phenoxy) is 1. The summed E-state index contributed by atoms with van der Waals surface area (Å²) >= 11 is 0. The van der Waals surface area contributed by atoms with Gasteiger partial charge in [-0.2, -0.15) is 4.99 Å². The number of rotatable bonds is 4. The third kappa shape index (κ3) is 3.11. The van der Waals surface area contributed by atoms with Crippen LogP contribution in [0.25, 0.3) is 0 Å². The molecule has 2 aliphatic rings. The highest BCUT2D eigenvalue weighted by Gasteiger charge is 2.43. The Labute approximate surface area is 146 Å². The Balaban J connectivity index is 2.15. The van der Waals surface area contributed by atoms with Gasteiger partial charge < -0.3 is 21.3 Å². The van der Waals surface area contributed by atoms with E-state index in [2.05, 4.69) is 9.98 Å². The van der Waals surface area contributed by atoms with Crippen LogP contribution in [0.4, 0.5) is 5.69 Å². The Morgan fingerprint density at radius 3 is 2.68 bits per heavy atom. The van der Waals surface area contributed by atoms with Gasteiger partial charge in [0.1, 0.15) is 11.4 Å². The number of hydrogen-bond donors (Lipinski definition) is 3. The third-order valence-electron chi connectivity index (χ3n) is 4.60. The van der Waals surface area contributed by atoms with Gasteiger partial charge >= 0.3 is 5.97 Å². The largest absolute Gasteiger partial charge is 0.492 e. The summed E-state index contributed by atoms with van der Waals surface area (Å²) in [6, 6.07) is 4.72. The fraction of sp³-hybridized carbons (Fsp3) is 0.471. The van der Waals surface area contributed by atoms with Gasteiger partial charge in [-0.25, -0.2) is 9.79 Å². The highest BCUT2D eigenvalue weighted by atomic mass is 16.5. The molecule has 0 radical (unpaired) electrons. The molecule has 5 N–H and O–H groups in total. The first-order chi connectivity index (χ1) is 12.0. The first-order valence-electron chi connectivity index (χ1n) is 8.47. The van der Waals surface area contributed by atoms with Crippen LogP contribution in [0.3, 0.4) is 0 Å². The van der Waals surface area contributed by atoms with Crippen molar-refractivity contribution in [2.24, 2.45) is 21.5 Å². The van der Waals surface area contributed by atoms with Gasteiger partial charge in [0.2, 0.25) is 11.9 Å². The lowest BCUT2D eigenvalue weighted by Crippen LogP contribution is -2.58. The summed E-state index contributed by atoms with van der Waals surface area (Å²) in [6.07, 6.45) is 4.64. The van der Waals surface area contributed by atoms with Crippen LogP contribution in [-0.2, 0) is 0 Å². The number of anilines is 1. The molecule has 0 unspecified atom stereocenters. The minimum atomic E-state index is -1.02. The van der Waals surface area contributed by atoms with Crippen LogP contribution in [-0.4, -0.2) is 35.3 Å². The predicted molar refractivity (Wildman–Crippen MR) is 96.1 cm³/mol. The van der Waals surface area contributed by atoms with Crippen molar-refractivity contribution in [1.82, 2.24) is 0 Å². The number of guanidine groups is 2. The summed E-state index contributed by atoms with van der Waals surface area (Å²) in [5.41, 5.74) is 12.2. The molecule has 3 rings (SSSR count). The molecule has 1 aromatic rings. The van der Waals surface area contributed by atoms with Crippen molar-refractivity contribution in [3.8, 4) is 5.75 Å². The maximum atomic E-state index is 11.4. The smallest absolute Gasteiger partial charge is 0.335 e. The average Bonchev–Trinajstić information content (AvgIpc) is 2.56. The molecule has 0 saturated heterocycles. The lowest BCUT2D eigenvalue weighted by Gasteiger charge is -2.46. The highest BCUT2D eigenvalue weighted by molar-refractivity contribution is 6.07. The maximum Gasteiger partial charge on any atom is 0.335 e. The van der Waals surface area contributed by atoms with Gasteiger partial charge in [0.25, 0.3) is 0 Å². The van der Waals surface area contributed by atoms with Gasteiger partial charge in [-0.3, -0.25) is 4.90 Å². The second kappa shape index (κ2) is 6.62. The Bertz CT molecular complexity index is 738. The topological polar surface area (TPSA) is 127 Å². The summed E-state index contributed by atoms with van der Waals surface area (Å²) in [5, 5.41) is 9.37.